The van der Waals surface area contributed by atoms with E-state index in [0.29, 0.717) is 6.42 Å². The van der Waals surface area contributed by atoms with Crippen LogP contribution < -0.4 is 10.5 Å². The smallest absolute Gasteiger partial charge is 0.223 e. The van der Waals surface area contributed by atoms with Gasteiger partial charge in [0.05, 0.1) is 7.11 Å². The van der Waals surface area contributed by atoms with Gasteiger partial charge in [-0.15, -0.1) is 0 Å². The summed E-state index contributed by atoms with van der Waals surface area (Å²) in [6.45, 7) is 2.88. The van der Waals surface area contributed by atoms with E-state index >= 15 is 0 Å². The molecule has 0 spiro atoms. The number of benzene rings is 1. The predicted molar refractivity (Wildman–Crippen MR) is 79.7 cm³/mol. The van der Waals surface area contributed by atoms with Gasteiger partial charge in [-0.05, 0) is 43.9 Å². The second-order valence-corrected chi connectivity index (χ2v) is 5.57. The van der Waals surface area contributed by atoms with Gasteiger partial charge in [-0.1, -0.05) is 12.1 Å². The van der Waals surface area contributed by atoms with Gasteiger partial charge in [0.1, 0.15) is 5.75 Å². The van der Waals surface area contributed by atoms with Crippen molar-refractivity contribution in [3.63, 3.8) is 0 Å². The number of carbonyl (C=O) groups is 1. The number of aryl methyl sites for hydroxylation is 1. The van der Waals surface area contributed by atoms with E-state index in [2.05, 4.69) is 6.92 Å². The Kier molecular flexibility index (Phi) is 5.01. The van der Waals surface area contributed by atoms with E-state index in [9.17, 15) is 4.79 Å². The SMILES string of the molecule is COc1cccc(CCC(=O)N2CCC(N)CC2C)c1. The molecular weight excluding hydrogens is 252 g/mol. The number of likely N-dealkylation sites (tertiary alicyclic amines) is 1. The first kappa shape index (κ1) is 14.9. The summed E-state index contributed by atoms with van der Waals surface area (Å²) in [6, 6.07) is 8.40. The number of carbonyl (C=O) groups excluding carboxylic acids is 1. The van der Waals surface area contributed by atoms with E-state index < -0.39 is 0 Å². The minimum absolute atomic E-state index is 0.229. The Hall–Kier alpha value is -1.55. The van der Waals surface area contributed by atoms with Gasteiger partial charge >= 0.3 is 0 Å². The molecule has 110 valence electrons. The van der Waals surface area contributed by atoms with Crippen molar-refractivity contribution in [3.8, 4) is 5.75 Å². The Bertz CT molecular complexity index is 462. The maximum Gasteiger partial charge on any atom is 0.223 e. The highest BCUT2D eigenvalue weighted by molar-refractivity contribution is 5.77. The van der Waals surface area contributed by atoms with Gasteiger partial charge in [0.25, 0.3) is 0 Å². The molecule has 2 unspecified atom stereocenters. The minimum Gasteiger partial charge on any atom is -0.497 e. The molecular formula is C16H24N2O2. The van der Waals surface area contributed by atoms with Gasteiger partial charge in [-0.3, -0.25) is 4.79 Å². The maximum atomic E-state index is 12.3. The van der Waals surface area contributed by atoms with Crippen molar-refractivity contribution in [1.29, 1.82) is 0 Å². The van der Waals surface area contributed by atoms with Crippen LogP contribution >= 0.6 is 0 Å². The van der Waals surface area contributed by atoms with E-state index in [-0.39, 0.29) is 18.0 Å². The highest BCUT2D eigenvalue weighted by atomic mass is 16.5. The quantitative estimate of drug-likeness (QED) is 0.914. The van der Waals surface area contributed by atoms with Gasteiger partial charge in [0.2, 0.25) is 5.91 Å². The molecule has 0 bridgehead atoms. The zero-order valence-electron chi connectivity index (χ0n) is 12.3. The van der Waals surface area contributed by atoms with Crippen LogP contribution in [0.1, 0.15) is 31.7 Å². The average molecular weight is 276 g/mol. The molecule has 20 heavy (non-hydrogen) atoms. The van der Waals surface area contributed by atoms with Crippen LogP contribution in [-0.4, -0.2) is 36.5 Å². The van der Waals surface area contributed by atoms with Crippen molar-refractivity contribution in [2.45, 2.75) is 44.7 Å². The van der Waals surface area contributed by atoms with Gasteiger partial charge in [-0.2, -0.15) is 0 Å². The third-order valence-electron chi connectivity index (χ3n) is 4.00. The molecule has 1 heterocycles. The van der Waals surface area contributed by atoms with Gasteiger partial charge in [-0.25, -0.2) is 0 Å². The minimum atomic E-state index is 0.229. The van der Waals surface area contributed by atoms with Crippen molar-refractivity contribution >= 4 is 5.91 Å². The Morgan fingerprint density at radius 3 is 3.00 bits per heavy atom. The molecule has 4 heteroatoms. The lowest BCUT2D eigenvalue weighted by Crippen LogP contribution is -2.48. The van der Waals surface area contributed by atoms with Gasteiger partial charge < -0.3 is 15.4 Å². The summed E-state index contributed by atoms with van der Waals surface area (Å²) in [6.07, 6.45) is 3.12. The molecule has 4 nitrogen and oxygen atoms in total. The van der Waals surface area contributed by atoms with E-state index in [1.54, 1.807) is 7.11 Å². The Morgan fingerprint density at radius 1 is 1.50 bits per heavy atom. The van der Waals surface area contributed by atoms with Crippen LogP contribution in [0.3, 0.4) is 0 Å². The summed E-state index contributed by atoms with van der Waals surface area (Å²) in [5.74, 6) is 1.07. The molecule has 1 fully saturated rings. The fourth-order valence-electron chi connectivity index (χ4n) is 2.80. The molecule has 1 amide bonds. The molecule has 2 atom stereocenters. The van der Waals surface area contributed by atoms with E-state index in [1.165, 1.54) is 0 Å². The molecule has 2 rings (SSSR count). The summed E-state index contributed by atoms with van der Waals surface area (Å²) in [5, 5.41) is 0. The van der Waals surface area contributed by atoms with Crippen LogP contribution in [0.15, 0.2) is 24.3 Å². The van der Waals surface area contributed by atoms with Crippen LogP contribution in [0.2, 0.25) is 0 Å². The van der Waals surface area contributed by atoms with Gasteiger partial charge in [0.15, 0.2) is 0 Å². The molecule has 0 aromatic heterocycles. The number of nitrogens with zero attached hydrogens (tertiary/aromatic N) is 1. The first-order valence-electron chi connectivity index (χ1n) is 7.28. The van der Waals surface area contributed by atoms with Gasteiger partial charge in [0, 0.05) is 25.0 Å². The van der Waals surface area contributed by atoms with Crippen LogP contribution in [0.25, 0.3) is 0 Å². The molecule has 2 N–H and O–H groups in total. The fourth-order valence-corrected chi connectivity index (χ4v) is 2.80. The zero-order chi connectivity index (χ0) is 14.5. The number of hydrogen-bond acceptors (Lipinski definition) is 3. The van der Waals surface area contributed by atoms with Crippen LogP contribution in [0, 0.1) is 0 Å². The Morgan fingerprint density at radius 2 is 2.30 bits per heavy atom. The summed E-state index contributed by atoms with van der Waals surface area (Å²) in [5.41, 5.74) is 7.07. The van der Waals surface area contributed by atoms with E-state index in [4.69, 9.17) is 10.5 Å². The zero-order valence-corrected chi connectivity index (χ0v) is 12.3. The standard InChI is InChI=1S/C16H24N2O2/c1-12-10-14(17)8-9-18(12)16(19)7-6-13-4-3-5-15(11-13)20-2/h3-5,11-12,14H,6-10,17H2,1-2H3. The maximum absolute atomic E-state index is 12.3. The normalized spacial score (nSPS) is 22.6. The average Bonchev–Trinajstić information content (AvgIpc) is 2.45. The van der Waals surface area contributed by atoms with Crippen LogP contribution in [0.4, 0.5) is 0 Å². The van der Waals surface area contributed by atoms with Crippen molar-refractivity contribution in [2.75, 3.05) is 13.7 Å². The molecule has 0 radical (unpaired) electrons. The monoisotopic (exact) mass is 276 g/mol. The summed E-state index contributed by atoms with van der Waals surface area (Å²) in [4.78, 5) is 14.3. The van der Waals surface area contributed by atoms with Crippen LogP contribution in [-0.2, 0) is 11.2 Å². The topological polar surface area (TPSA) is 55.6 Å². The number of methoxy groups -OCH3 is 1. The Labute approximate surface area is 120 Å². The first-order chi connectivity index (χ1) is 9.60. The van der Waals surface area contributed by atoms with E-state index in [1.807, 2.05) is 29.2 Å². The third kappa shape index (κ3) is 3.73. The molecule has 1 aromatic rings. The number of rotatable bonds is 4. The lowest BCUT2D eigenvalue weighted by atomic mass is 9.98. The fraction of sp³-hybridized carbons (Fsp3) is 0.562. The van der Waals surface area contributed by atoms with Crippen molar-refractivity contribution in [2.24, 2.45) is 5.73 Å². The molecule has 1 saturated heterocycles. The number of amides is 1. The first-order valence-corrected chi connectivity index (χ1v) is 7.28. The van der Waals surface area contributed by atoms with Crippen LogP contribution in [0.5, 0.6) is 5.75 Å². The second-order valence-electron chi connectivity index (χ2n) is 5.57. The largest absolute Gasteiger partial charge is 0.497 e. The lowest BCUT2D eigenvalue weighted by Gasteiger charge is -2.36. The van der Waals surface area contributed by atoms with E-state index in [0.717, 1.165) is 37.1 Å². The number of hydrogen-bond donors (Lipinski definition) is 1. The summed E-state index contributed by atoms with van der Waals surface area (Å²) < 4.78 is 5.20. The molecule has 0 aliphatic carbocycles. The number of nitrogens with two attached hydrogens (primary N) is 1. The summed E-state index contributed by atoms with van der Waals surface area (Å²) in [7, 11) is 1.66. The predicted octanol–water partition coefficient (Wildman–Crippen LogP) is 1.97. The second kappa shape index (κ2) is 6.75. The molecule has 0 saturated carbocycles. The van der Waals surface area contributed by atoms with Crippen molar-refractivity contribution < 1.29 is 9.53 Å². The lowest BCUT2D eigenvalue weighted by molar-refractivity contribution is -0.134. The summed E-state index contributed by atoms with van der Waals surface area (Å²) >= 11 is 0. The molecule has 1 aromatic carbocycles. The highest BCUT2D eigenvalue weighted by Gasteiger charge is 2.26. The number of piperidine rings is 1. The highest BCUT2D eigenvalue weighted by Crippen LogP contribution is 2.19. The third-order valence-corrected chi connectivity index (χ3v) is 4.00. The molecule has 1 aliphatic heterocycles. The molecule has 1 aliphatic rings. The van der Waals surface area contributed by atoms with Crippen molar-refractivity contribution in [3.05, 3.63) is 29.8 Å². The van der Waals surface area contributed by atoms with Crippen molar-refractivity contribution in [1.82, 2.24) is 4.90 Å². The Balaban J connectivity index is 1.88. The number of ether oxygens (including phenoxy) is 1.